The van der Waals surface area contributed by atoms with Crippen molar-refractivity contribution in [2.24, 2.45) is 11.3 Å². The second-order valence-corrected chi connectivity index (χ2v) is 7.64. The summed E-state index contributed by atoms with van der Waals surface area (Å²) in [5.74, 6) is 0.604. The molecule has 130 valence electrons. The Morgan fingerprint density at radius 3 is 2.52 bits per heavy atom. The molecule has 0 saturated heterocycles. The van der Waals surface area contributed by atoms with E-state index < -0.39 is 0 Å². The Morgan fingerprint density at radius 2 is 2.04 bits per heavy atom. The predicted molar refractivity (Wildman–Crippen MR) is 93.3 cm³/mol. The molecule has 2 amide bonds. The fourth-order valence-corrected chi connectivity index (χ4v) is 2.67. The lowest BCUT2D eigenvalue weighted by Crippen LogP contribution is -2.46. The molecule has 5 heteroatoms. The molecule has 1 heterocycles. The van der Waals surface area contributed by atoms with Gasteiger partial charge in [0.05, 0.1) is 12.6 Å². The van der Waals surface area contributed by atoms with E-state index in [4.69, 9.17) is 0 Å². The summed E-state index contributed by atoms with van der Waals surface area (Å²) in [4.78, 5) is 16.3. The molecule has 1 aromatic heterocycles. The highest BCUT2D eigenvalue weighted by Gasteiger charge is 2.21. The van der Waals surface area contributed by atoms with Gasteiger partial charge in [0, 0.05) is 24.9 Å². The molecule has 1 aromatic rings. The van der Waals surface area contributed by atoms with E-state index >= 15 is 0 Å². The minimum absolute atomic E-state index is 0.0524. The molecule has 0 aliphatic rings. The number of urea groups is 1. The van der Waals surface area contributed by atoms with Crippen LogP contribution in [0.4, 0.5) is 4.79 Å². The van der Waals surface area contributed by atoms with Crippen molar-refractivity contribution in [1.29, 1.82) is 0 Å². The largest absolute Gasteiger partial charge is 0.394 e. The number of hydrogen-bond acceptors (Lipinski definition) is 3. The molecule has 0 aromatic carbocycles. The molecule has 0 aliphatic carbocycles. The second-order valence-electron chi connectivity index (χ2n) is 7.64. The van der Waals surface area contributed by atoms with Crippen molar-refractivity contribution in [3.05, 3.63) is 30.1 Å². The molecule has 0 saturated carbocycles. The Kier molecular flexibility index (Phi) is 7.49. The highest BCUT2D eigenvalue weighted by atomic mass is 16.3. The zero-order valence-electron chi connectivity index (χ0n) is 15.0. The van der Waals surface area contributed by atoms with Crippen LogP contribution in [0.15, 0.2) is 24.5 Å². The topological polar surface area (TPSA) is 74.2 Å². The first-order valence-electron chi connectivity index (χ1n) is 8.28. The third-order valence-electron chi connectivity index (χ3n) is 3.81. The van der Waals surface area contributed by atoms with Gasteiger partial charge in [-0.25, -0.2) is 4.79 Å². The Hall–Kier alpha value is -1.62. The Balaban J connectivity index is 2.56. The van der Waals surface area contributed by atoms with E-state index in [0.717, 1.165) is 12.0 Å². The van der Waals surface area contributed by atoms with Crippen molar-refractivity contribution in [3.8, 4) is 0 Å². The third-order valence-corrected chi connectivity index (χ3v) is 3.81. The van der Waals surface area contributed by atoms with Gasteiger partial charge >= 0.3 is 6.03 Å². The van der Waals surface area contributed by atoms with E-state index in [1.165, 1.54) is 0 Å². The van der Waals surface area contributed by atoms with Crippen LogP contribution in [0.1, 0.15) is 52.5 Å². The SMILES string of the molecule is CC(C)C(CNC(=O)NC(CO)CC(C)(C)C)c1cccnc1. The highest BCUT2D eigenvalue weighted by molar-refractivity contribution is 5.74. The van der Waals surface area contributed by atoms with Crippen molar-refractivity contribution >= 4 is 6.03 Å². The highest BCUT2D eigenvalue weighted by Crippen LogP contribution is 2.23. The first-order chi connectivity index (χ1) is 10.7. The molecule has 1 rings (SSSR count). The molecule has 2 unspecified atom stereocenters. The average molecular weight is 321 g/mol. The van der Waals surface area contributed by atoms with E-state index in [2.05, 4.69) is 50.2 Å². The van der Waals surface area contributed by atoms with Crippen LogP contribution in [-0.4, -0.2) is 35.3 Å². The fraction of sp³-hybridized carbons (Fsp3) is 0.667. The van der Waals surface area contributed by atoms with Gasteiger partial charge in [-0.1, -0.05) is 40.7 Å². The summed E-state index contributed by atoms with van der Waals surface area (Å²) in [6.45, 7) is 11.0. The van der Waals surface area contributed by atoms with Crippen LogP contribution in [0.3, 0.4) is 0 Å². The van der Waals surface area contributed by atoms with Crippen LogP contribution < -0.4 is 10.6 Å². The van der Waals surface area contributed by atoms with E-state index in [0.29, 0.717) is 12.5 Å². The summed E-state index contributed by atoms with van der Waals surface area (Å²) < 4.78 is 0. The van der Waals surface area contributed by atoms with E-state index in [1.807, 2.05) is 18.3 Å². The van der Waals surface area contributed by atoms with Crippen LogP contribution in [-0.2, 0) is 0 Å². The molecule has 0 fully saturated rings. The quantitative estimate of drug-likeness (QED) is 0.723. The van der Waals surface area contributed by atoms with Crippen LogP contribution in [0.2, 0.25) is 0 Å². The molecular weight excluding hydrogens is 290 g/mol. The second kappa shape index (κ2) is 8.87. The third kappa shape index (κ3) is 7.46. The van der Waals surface area contributed by atoms with Crippen molar-refractivity contribution < 1.29 is 9.90 Å². The number of amides is 2. The maximum Gasteiger partial charge on any atom is 0.315 e. The number of nitrogens with one attached hydrogen (secondary N) is 2. The number of carbonyl (C=O) groups excluding carboxylic acids is 1. The minimum Gasteiger partial charge on any atom is -0.394 e. The monoisotopic (exact) mass is 321 g/mol. The number of carbonyl (C=O) groups is 1. The molecule has 0 aliphatic heterocycles. The van der Waals surface area contributed by atoms with Crippen molar-refractivity contribution in [2.45, 2.75) is 53.0 Å². The number of aliphatic hydroxyl groups excluding tert-OH is 1. The molecule has 23 heavy (non-hydrogen) atoms. The normalized spacial score (nSPS) is 14.4. The molecule has 5 nitrogen and oxygen atoms in total. The standard InChI is InChI=1S/C18H31N3O2/c1-13(2)16(14-7-6-8-19-10-14)11-20-17(23)21-15(12-22)9-18(3,4)5/h6-8,10,13,15-16,22H,9,11-12H2,1-5H3,(H2,20,21,23). The van der Waals surface area contributed by atoms with Gasteiger partial charge < -0.3 is 15.7 Å². The molecule has 3 N–H and O–H groups in total. The van der Waals surface area contributed by atoms with Gasteiger partial charge in [-0.05, 0) is 29.4 Å². The first kappa shape index (κ1) is 19.4. The lowest BCUT2D eigenvalue weighted by molar-refractivity contribution is 0.190. The van der Waals surface area contributed by atoms with E-state index in [1.54, 1.807) is 6.20 Å². The van der Waals surface area contributed by atoms with Crippen molar-refractivity contribution in [1.82, 2.24) is 15.6 Å². The van der Waals surface area contributed by atoms with Gasteiger partial charge in [0.1, 0.15) is 0 Å². The van der Waals surface area contributed by atoms with Crippen LogP contribution in [0.25, 0.3) is 0 Å². The zero-order chi connectivity index (χ0) is 17.5. The molecule has 0 spiro atoms. The minimum atomic E-state index is -0.233. The number of hydrogen-bond donors (Lipinski definition) is 3. The van der Waals surface area contributed by atoms with Gasteiger partial charge in [-0.3, -0.25) is 4.98 Å². The van der Waals surface area contributed by atoms with Crippen LogP contribution in [0, 0.1) is 11.3 Å². The summed E-state index contributed by atoms with van der Waals surface area (Å²) in [7, 11) is 0. The maximum absolute atomic E-state index is 12.1. The molecule has 0 radical (unpaired) electrons. The van der Waals surface area contributed by atoms with Gasteiger partial charge in [0.25, 0.3) is 0 Å². The Bertz CT molecular complexity index is 469. The summed E-state index contributed by atoms with van der Waals surface area (Å²) in [6, 6.07) is 3.48. The Labute approximate surface area is 139 Å². The summed E-state index contributed by atoms with van der Waals surface area (Å²) in [6.07, 6.45) is 4.33. The molecule has 2 atom stereocenters. The van der Waals surface area contributed by atoms with Gasteiger partial charge in [-0.15, -0.1) is 0 Å². The van der Waals surface area contributed by atoms with Crippen molar-refractivity contribution in [3.63, 3.8) is 0 Å². The fourth-order valence-electron chi connectivity index (χ4n) is 2.67. The molecular formula is C18H31N3O2. The summed E-state index contributed by atoms with van der Waals surface area (Å²) in [5.41, 5.74) is 1.17. The van der Waals surface area contributed by atoms with Gasteiger partial charge in [0.15, 0.2) is 0 Å². The van der Waals surface area contributed by atoms with Gasteiger partial charge in [-0.2, -0.15) is 0 Å². The van der Waals surface area contributed by atoms with E-state index in [-0.39, 0.29) is 30.0 Å². The zero-order valence-corrected chi connectivity index (χ0v) is 15.0. The maximum atomic E-state index is 12.1. The first-order valence-corrected chi connectivity index (χ1v) is 8.28. The summed E-state index contributed by atoms with van der Waals surface area (Å²) in [5, 5.41) is 15.2. The van der Waals surface area contributed by atoms with Crippen molar-refractivity contribution in [2.75, 3.05) is 13.2 Å². The number of aromatic nitrogens is 1. The lowest BCUT2D eigenvalue weighted by atomic mass is 9.88. The number of nitrogens with zero attached hydrogens (tertiary/aromatic N) is 1. The Morgan fingerprint density at radius 1 is 1.35 bits per heavy atom. The predicted octanol–water partition coefficient (Wildman–Crippen LogP) is 2.92. The number of aliphatic hydroxyl groups is 1. The number of rotatable bonds is 7. The van der Waals surface area contributed by atoms with Gasteiger partial charge in [0.2, 0.25) is 0 Å². The smallest absolute Gasteiger partial charge is 0.315 e. The van der Waals surface area contributed by atoms with Crippen LogP contribution >= 0.6 is 0 Å². The van der Waals surface area contributed by atoms with E-state index in [9.17, 15) is 9.90 Å². The lowest BCUT2D eigenvalue weighted by Gasteiger charge is -2.26. The summed E-state index contributed by atoms with van der Waals surface area (Å²) >= 11 is 0. The average Bonchev–Trinajstić information content (AvgIpc) is 2.46. The van der Waals surface area contributed by atoms with Crippen LogP contribution in [0.5, 0.6) is 0 Å². The number of pyridine rings is 1. The molecule has 0 bridgehead atoms.